The van der Waals surface area contributed by atoms with Crippen LogP contribution in [-0.4, -0.2) is 41.3 Å². The Morgan fingerprint density at radius 1 is 1.71 bits per heavy atom. The zero-order valence-corrected chi connectivity index (χ0v) is 10.5. The summed E-state index contributed by atoms with van der Waals surface area (Å²) >= 11 is 0. The van der Waals surface area contributed by atoms with E-state index in [0.29, 0.717) is 12.6 Å². The fourth-order valence-electron chi connectivity index (χ4n) is 2.52. The molecule has 1 aromatic rings. The van der Waals surface area contributed by atoms with Crippen molar-refractivity contribution in [2.45, 2.75) is 31.3 Å². The Kier molecular flexibility index (Phi) is 4.15. The molecule has 1 aliphatic rings. The van der Waals surface area contributed by atoms with Gasteiger partial charge in [-0.05, 0) is 19.3 Å². The molecule has 0 spiro atoms. The zero-order valence-electron chi connectivity index (χ0n) is 10.5. The number of aryl methyl sites for hydroxylation is 1. The summed E-state index contributed by atoms with van der Waals surface area (Å²) in [5.74, 6) is 0. The topological polar surface area (TPSA) is 59.3 Å². The Labute approximate surface area is 102 Å². The van der Waals surface area contributed by atoms with E-state index in [2.05, 4.69) is 10.4 Å². The van der Waals surface area contributed by atoms with E-state index in [4.69, 9.17) is 4.74 Å². The molecule has 0 aliphatic heterocycles. The van der Waals surface area contributed by atoms with Crippen molar-refractivity contribution in [3.05, 3.63) is 17.5 Å². The van der Waals surface area contributed by atoms with Gasteiger partial charge < -0.3 is 15.2 Å². The summed E-state index contributed by atoms with van der Waals surface area (Å²) in [6.45, 7) is 0.628. The van der Waals surface area contributed by atoms with Gasteiger partial charge in [-0.25, -0.2) is 0 Å². The molecule has 5 nitrogen and oxygen atoms in total. The van der Waals surface area contributed by atoms with Gasteiger partial charge >= 0.3 is 0 Å². The van der Waals surface area contributed by atoms with Crippen molar-refractivity contribution in [2.24, 2.45) is 7.05 Å². The molecule has 1 aliphatic carbocycles. The summed E-state index contributed by atoms with van der Waals surface area (Å²) in [5.41, 5.74) is 2.58. The van der Waals surface area contributed by atoms with Crippen molar-refractivity contribution in [1.29, 1.82) is 0 Å². The second kappa shape index (κ2) is 5.62. The fraction of sp³-hybridized carbons (Fsp3) is 0.750. The van der Waals surface area contributed by atoms with Crippen LogP contribution in [0.25, 0.3) is 0 Å². The number of nitrogens with one attached hydrogen (secondary N) is 1. The Morgan fingerprint density at radius 3 is 3.24 bits per heavy atom. The van der Waals surface area contributed by atoms with E-state index >= 15 is 0 Å². The number of ether oxygens (including phenoxy) is 1. The number of fused-ring (bicyclic) bond motifs is 1. The molecule has 1 heterocycles. The number of nitrogens with zero attached hydrogens (tertiary/aromatic N) is 2. The third-order valence-electron chi connectivity index (χ3n) is 3.40. The monoisotopic (exact) mass is 239 g/mol. The van der Waals surface area contributed by atoms with Gasteiger partial charge in [-0.2, -0.15) is 5.10 Å². The van der Waals surface area contributed by atoms with E-state index in [1.165, 1.54) is 11.3 Å². The van der Waals surface area contributed by atoms with Gasteiger partial charge in [-0.3, -0.25) is 4.68 Å². The molecule has 2 rings (SSSR count). The van der Waals surface area contributed by atoms with Crippen molar-refractivity contribution < 1.29 is 9.84 Å². The normalized spacial score (nSPS) is 21.2. The van der Waals surface area contributed by atoms with Crippen LogP contribution in [0.3, 0.4) is 0 Å². The minimum atomic E-state index is -0.00356. The summed E-state index contributed by atoms with van der Waals surface area (Å²) in [5, 5.41) is 17.0. The molecule has 0 saturated carbocycles. The van der Waals surface area contributed by atoms with Crippen LogP contribution in [0, 0.1) is 0 Å². The Bertz CT molecular complexity index is 365. The quantitative estimate of drug-likeness (QED) is 0.780. The van der Waals surface area contributed by atoms with E-state index in [1.807, 2.05) is 17.9 Å². The van der Waals surface area contributed by atoms with E-state index < -0.39 is 0 Å². The van der Waals surface area contributed by atoms with Gasteiger partial charge in [-0.1, -0.05) is 0 Å². The van der Waals surface area contributed by atoms with Gasteiger partial charge in [0.2, 0.25) is 0 Å². The molecule has 0 saturated heterocycles. The third-order valence-corrected chi connectivity index (χ3v) is 3.40. The summed E-state index contributed by atoms with van der Waals surface area (Å²) in [7, 11) is 3.64. The molecule has 0 bridgehead atoms. The molecule has 0 fully saturated rings. The van der Waals surface area contributed by atoms with Crippen LogP contribution in [0.4, 0.5) is 0 Å². The smallest absolute Gasteiger partial charge is 0.0638 e. The maximum Gasteiger partial charge on any atom is 0.0638 e. The van der Waals surface area contributed by atoms with Crippen LogP contribution < -0.4 is 5.32 Å². The summed E-state index contributed by atoms with van der Waals surface area (Å²) in [6, 6.07) is 0.288. The molecule has 17 heavy (non-hydrogen) atoms. The number of rotatable bonds is 5. The maximum absolute atomic E-state index is 9.28. The molecule has 5 heteroatoms. The van der Waals surface area contributed by atoms with E-state index in [9.17, 15) is 5.11 Å². The van der Waals surface area contributed by atoms with Gasteiger partial charge in [0.1, 0.15) is 0 Å². The minimum Gasteiger partial charge on any atom is -0.395 e. The molecular weight excluding hydrogens is 218 g/mol. The van der Waals surface area contributed by atoms with Gasteiger partial charge in [0.05, 0.1) is 25.5 Å². The van der Waals surface area contributed by atoms with E-state index in [1.54, 1.807) is 7.11 Å². The van der Waals surface area contributed by atoms with Crippen LogP contribution >= 0.6 is 0 Å². The Balaban J connectivity index is 2.07. The van der Waals surface area contributed by atoms with Gasteiger partial charge in [0.15, 0.2) is 0 Å². The highest BCUT2D eigenvalue weighted by Gasteiger charge is 2.25. The zero-order chi connectivity index (χ0) is 12.3. The SMILES string of the molecule is COCC(CO)NC1CCCc2c1cnn2C. The fourth-order valence-corrected chi connectivity index (χ4v) is 2.52. The van der Waals surface area contributed by atoms with E-state index in [0.717, 1.165) is 19.3 Å². The lowest BCUT2D eigenvalue weighted by Gasteiger charge is -2.27. The molecule has 96 valence electrons. The van der Waals surface area contributed by atoms with Gasteiger partial charge in [0, 0.05) is 31.5 Å². The lowest BCUT2D eigenvalue weighted by atomic mass is 9.92. The number of hydrogen-bond donors (Lipinski definition) is 2. The lowest BCUT2D eigenvalue weighted by Crippen LogP contribution is -2.40. The molecule has 0 radical (unpaired) electrons. The molecule has 0 aromatic carbocycles. The second-order valence-corrected chi connectivity index (χ2v) is 4.62. The third kappa shape index (κ3) is 2.68. The number of hydrogen-bond acceptors (Lipinski definition) is 4. The average molecular weight is 239 g/mol. The first-order valence-corrected chi connectivity index (χ1v) is 6.13. The van der Waals surface area contributed by atoms with Crippen molar-refractivity contribution in [2.75, 3.05) is 20.3 Å². The van der Waals surface area contributed by atoms with E-state index in [-0.39, 0.29) is 12.6 Å². The van der Waals surface area contributed by atoms with Crippen molar-refractivity contribution >= 4 is 0 Å². The van der Waals surface area contributed by atoms with Crippen molar-refractivity contribution in [3.63, 3.8) is 0 Å². The van der Waals surface area contributed by atoms with Gasteiger partial charge in [-0.15, -0.1) is 0 Å². The highest BCUT2D eigenvalue weighted by Crippen LogP contribution is 2.29. The van der Waals surface area contributed by atoms with Crippen LogP contribution in [0.1, 0.15) is 30.1 Å². The lowest BCUT2D eigenvalue weighted by molar-refractivity contribution is 0.120. The number of aromatic nitrogens is 2. The predicted octanol–water partition coefficient (Wildman–Crippen LogP) is 0.394. The molecule has 2 unspecified atom stereocenters. The highest BCUT2D eigenvalue weighted by atomic mass is 16.5. The van der Waals surface area contributed by atoms with Crippen LogP contribution in [-0.2, 0) is 18.2 Å². The standard InChI is InChI=1S/C12H21N3O2/c1-15-12-5-3-4-11(10(12)6-13-15)14-9(7-16)8-17-2/h6,9,11,14,16H,3-5,7-8H2,1-2H3. The van der Waals surface area contributed by atoms with Crippen LogP contribution in [0.5, 0.6) is 0 Å². The summed E-state index contributed by atoms with van der Waals surface area (Å²) in [4.78, 5) is 0. The van der Waals surface area contributed by atoms with Crippen LogP contribution in [0.2, 0.25) is 0 Å². The Hall–Kier alpha value is -0.910. The maximum atomic E-state index is 9.28. The summed E-state index contributed by atoms with van der Waals surface area (Å²) in [6.07, 6.45) is 5.29. The first kappa shape index (κ1) is 12.5. The minimum absolute atomic E-state index is 0.00356. The first-order valence-electron chi connectivity index (χ1n) is 6.13. The van der Waals surface area contributed by atoms with Crippen molar-refractivity contribution in [1.82, 2.24) is 15.1 Å². The number of methoxy groups -OCH3 is 1. The van der Waals surface area contributed by atoms with Crippen LogP contribution in [0.15, 0.2) is 6.20 Å². The van der Waals surface area contributed by atoms with Gasteiger partial charge in [0.25, 0.3) is 0 Å². The highest BCUT2D eigenvalue weighted by molar-refractivity contribution is 5.24. The predicted molar refractivity (Wildman–Crippen MR) is 64.8 cm³/mol. The Morgan fingerprint density at radius 2 is 2.53 bits per heavy atom. The van der Waals surface area contributed by atoms with Crippen molar-refractivity contribution in [3.8, 4) is 0 Å². The summed E-state index contributed by atoms with van der Waals surface area (Å²) < 4.78 is 7.04. The second-order valence-electron chi connectivity index (χ2n) is 4.62. The molecule has 2 atom stereocenters. The number of aliphatic hydroxyl groups is 1. The average Bonchev–Trinajstić information content (AvgIpc) is 2.72. The number of aliphatic hydroxyl groups excluding tert-OH is 1. The molecular formula is C12H21N3O2. The first-order chi connectivity index (χ1) is 8.26. The largest absolute Gasteiger partial charge is 0.395 e. The molecule has 0 amide bonds. The molecule has 2 N–H and O–H groups in total. The molecule has 1 aromatic heterocycles.